The topological polar surface area (TPSA) is 50.7 Å². The largest absolute Gasteiger partial charge is 0.493 e. The molecule has 0 saturated heterocycles. The molecule has 2 aromatic rings. The number of nitrogens with one attached hydrogen (secondary N) is 1. The summed E-state index contributed by atoms with van der Waals surface area (Å²) >= 11 is 11.9. The Labute approximate surface area is 165 Å². The third kappa shape index (κ3) is 5.52. The Morgan fingerprint density at radius 2 is 1.73 bits per heavy atom. The summed E-state index contributed by atoms with van der Waals surface area (Å²) in [6.07, 6.45) is 1.11. The fourth-order valence-electron chi connectivity index (χ4n) is 2.77. The van der Waals surface area contributed by atoms with Crippen LogP contribution >= 0.6 is 23.2 Å². The first-order valence-corrected chi connectivity index (χ1v) is 9.31. The first kappa shape index (κ1) is 20.8. The van der Waals surface area contributed by atoms with Crippen molar-refractivity contribution < 1.29 is 14.6 Å². The minimum Gasteiger partial charge on any atom is -0.493 e. The Morgan fingerprint density at radius 1 is 1.00 bits per heavy atom. The Bertz CT molecular complexity index is 724. The standard InChI is InChI=1S/C20H25Cl2NO3/c1-4-15(9-13-5-8-19(25-2)20(10-13)26-3)23-12-18(24)14-6-7-16(21)17(22)11-14/h5-8,10-11,15,18,23-24H,4,9,12H2,1-3H3/t15-,18+/m1/s1. The van der Waals surface area contributed by atoms with E-state index in [1.165, 1.54) is 0 Å². The van der Waals surface area contributed by atoms with Crippen molar-refractivity contribution in [3.63, 3.8) is 0 Å². The lowest BCUT2D eigenvalue weighted by Crippen LogP contribution is -2.34. The van der Waals surface area contributed by atoms with Gasteiger partial charge in [0.25, 0.3) is 0 Å². The molecular formula is C20H25Cl2NO3. The number of methoxy groups -OCH3 is 2. The highest BCUT2D eigenvalue weighted by molar-refractivity contribution is 6.42. The average Bonchev–Trinajstić information content (AvgIpc) is 2.66. The van der Waals surface area contributed by atoms with Crippen molar-refractivity contribution >= 4 is 23.2 Å². The highest BCUT2D eigenvalue weighted by Crippen LogP contribution is 2.28. The molecule has 0 saturated carbocycles. The van der Waals surface area contributed by atoms with Gasteiger partial charge >= 0.3 is 0 Å². The molecule has 0 aliphatic heterocycles. The third-order valence-corrected chi connectivity index (χ3v) is 5.09. The minimum absolute atomic E-state index is 0.227. The van der Waals surface area contributed by atoms with Crippen LogP contribution < -0.4 is 14.8 Å². The van der Waals surface area contributed by atoms with Crippen LogP contribution in [0, 0.1) is 0 Å². The molecule has 0 aliphatic carbocycles. The van der Waals surface area contributed by atoms with Gasteiger partial charge in [0.15, 0.2) is 11.5 Å². The number of aliphatic hydroxyl groups is 1. The van der Waals surface area contributed by atoms with Crippen LogP contribution in [0.2, 0.25) is 10.0 Å². The fourth-order valence-corrected chi connectivity index (χ4v) is 3.08. The lowest BCUT2D eigenvalue weighted by Gasteiger charge is -2.20. The Balaban J connectivity index is 1.97. The molecule has 2 N–H and O–H groups in total. The van der Waals surface area contributed by atoms with Gasteiger partial charge in [-0.05, 0) is 48.2 Å². The number of ether oxygens (including phenoxy) is 2. The molecule has 0 heterocycles. The lowest BCUT2D eigenvalue weighted by molar-refractivity contribution is 0.169. The van der Waals surface area contributed by atoms with Crippen LogP contribution in [0.15, 0.2) is 36.4 Å². The number of hydrogen-bond acceptors (Lipinski definition) is 4. The second kappa shape index (κ2) is 10.0. The van der Waals surface area contributed by atoms with Crippen molar-refractivity contribution in [1.29, 1.82) is 0 Å². The molecule has 4 nitrogen and oxygen atoms in total. The zero-order valence-electron chi connectivity index (χ0n) is 15.3. The van der Waals surface area contributed by atoms with Gasteiger partial charge in [-0.15, -0.1) is 0 Å². The molecule has 0 spiro atoms. The van der Waals surface area contributed by atoms with Crippen LogP contribution in [0.5, 0.6) is 11.5 Å². The van der Waals surface area contributed by atoms with Gasteiger partial charge in [0.1, 0.15) is 0 Å². The number of aliphatic hydroxyl groups excluding tert-OH is 1. The monoisotopic (exact) mass is 397 g/mol. The predicted molar refractivity (Wildman–Crippen MR) is 107 cm³/mol. The van der Waals surface area contributed by atoms with Crippen LogP contribution in [-0.4, -0.2) is 31.9 Å². The molecule has 2 aromatic carbocycles. The van der Waals surface area contributed by atoms with Crippen molar-refractivity contribution in [2.45, 2.75) is 31.9 Å². The highest BCUT2D eigenvalue weighted by Gasteiger charge is 2.14. The Kier molecular flexibility index (Phi) is 8.04. The zero-order chi connectivity index (χ0) is 19.1. The molecule has 0 aromatic heterocycles. The van der Waals surface area contributed by atoms with E-state index in [0.29, 0.717) is 22.3 Å². The van der Waals surface area contributed by atoms with Crippen LogP contribution in [-0.2, 0) is 6.42 Å². The first-order chi connectivity index (χ1) is 12.5. The van der Waals surface area contributed by atoms with Crippen LogP contribution in [0.3, 0.4) is 0 Å². The zero-order valence-corrected chi connectivity index (χ0v) is 16.8. The van der Waals surface area contributed by atoms with E-state index in [2.05, 4.69) is 12.2 Å². The summed E-state index contributed by atoms with van der Waals surface area (Å²) in [5.74, 6) is 1.43. The van der Waals surface area contributed by atoms with Crippen molar-refractivity contribution in [2.24, 2.45) is 0 Å². The van der Waals surface area contributed by atoms with Gasteiger partial charge < -0.3 is 19.9 Å². The van der Waals surface area contributed by atoms with Gasteiger partial charge in [-0.25, -0.2) is 0 Å². The SMILES string of the molecule is CC[C@H](Cc1ccc(OC)c(OC)c1)NC[C@H](O)c1ccc(Cl)c(Cl)c1. The molecule has 0 aliphatic rings. The minimum atomic E-state index is -0.649. The summed E-state index contributed by atoms with van der Waals surface area (Å²) in [7, 11) is 3.25. The summed E-state index contributed by atoms with van der Waals surface area (Å²) in [5, 5.41) is 14.7. The van der Waals surface area contributed by atoms with E-state index in [4.69, 9.17) is 32.7 Å². The normalized spacial score (nSPS) is 13.3. The second-order valence-corrected chi connectivity index (χ2v) is 6.91. The van der Waals surface area contributed by atoms with Gasteiger partial charge in [-0.2, -0.15) is 0 Å². The number of halogens is 2. The molecule has 6 heteroatoms. The summed E-state index contributed by atoms with van der Waals surface area (Å²) in [4.78, 5) is 0. The lowest BCUT2D eigenvalue weighted by atomic mass is 10.0. The molecule has 26 heavy (non-hydrogen) atoms. The second-order valence-electron chi connectivity index (χ2n) is 6.10. The maximum Gasteiger partial charge on any atom is 0.160 e. The van der Waals surface area contributed by atoms with Crippen molar-refractivity contribution in [1.82, 2.24) is 5.32 Å². The van der Waals surface area contributed by atoms with Gasteiger partial charge in [0.2, 0.25) is 0 Å². The summed E-state index contributed by atoms with van der Waals surface area (Å²) in [6, 6.07) is 11.3. The molecular weight excluding hydrogens is 373 g/mol. The molecule has 0 unspecified atom stereocenters. The summed E-state index contributed by atoms with van der Waals surface area (Å²) < 4.78 is 10.6. The third-order valence-electron chi connectivity index (χ3n) is 4.35. The van der Waals surface area contributed by atoms with E-state index in [-0.39, 0.29) is 6.04 Å². The number of rotatable bonds is 9. The highest BCUT2D eigenvalue weighted by atomic mass is 35.5. The smallest absolute Gasteiger partial charge is 0.160 e. The molecule has 2 rings (SSSR count). The molecule has 142 valence electrons. The quantitative estimate of drug-likeness (QED) is 0.646. The molecule has 0 fully saturated rings. The summed E-state index contributed by atoms with van der Waals surface area (Å²) in [5.41, 5.74) is 1.89. The summed E-state index contributed by atoms with van der Waals surface area (Å²) in [6.45, 7) is 2.55. The van der Waals surface area contributed by atoms with Crippen molar-refractivity contribution in [3.05, 3.63) is 57.6 Å². The van der Waals surface area contributed by atoms with Crippen LogP contribution in [0.25, 0.3) is 0 Å². The van der Waals surface area contributed by atoms with Gasteiger partial charge in [-0.3, -0.25) is 0 Å². The van der Waals surface area contributed by atoms with E-state index in [9.17, 15) is 5.11 Å². The predicted octanol–water partition coefficient (Wildman–Crippen LogP) is 4.65. The number of hydrogen-bond donors (Lipinski definition) is 2. The van der Waals surface area contributed by atoms with E-state index >= 15 is 0 Å². The van der Waals surface area contributed by atoms with E-state index in [1.54, 1.807) is 32.4 Å². The fraction of sp³-hybridized carbons (Fsp3) is 0.400. The van der Waals surface area contributed by atoms with Gasteiger partial charge in [0.05, 0.1) is 30.4 Å². The molecule has 0 bridgehead atoms. The van der Waals surface area contributed by atoms with E-state index < -0.39 is 6.10 Å². The van der Waals surface area contributed by atoms with Crippen molar-refractivity contribution in [2.75, 3.05) is 20.8 Å². The average molecular weight is 398 g/mol. The molecule has 0 radical (unpaired) electrons. The molecule has 0 amide bonds. The first-order valence-electron chi connectivity index (χ1n) is 8.55. The Hall–Kier alpha value is -1.46. The van der Waals surface area contributed by atoms with Crippen molar-refractivity contribution in [3.8, 4) is 11.5 Å². The van der Waals surface area contributed by atoms with Crippen LogP contribution in [0.4, 0.5) is 0 Å². The maximum absolute atomic E-state index is 10.4. The van der Waals surface area contributed by atoms with Gasteiger partial charge in [0, 0.05) is 12.6 Å². The maximum atomic E-state index is 10.4. The van der Waals surface area contributed by atoms with E-state index in [1.807, 2.05) is 18.2 Å². The molecule has 2 atom stereocenters. The van der Waals surface area contributed by atoms with E-state index in [0.717, 1.165) is 29.7 Å². The number of benzene rings is 2. The van der Waals surface area contributed by atoms with Crippen LogP contribution in [0.1, 0.15) is 30.6 Å². The van der Waals surface area contributed by atoms with Gasteiger partial charge in [-0.1, -0.05) is 42.3 Å². The Morgan fingerprint density at radius 3 is 2.35 bits per heavy atom.